The van der Waals surface area contributed by atoms with Gasteiger partial charge in [-0.05, 0) is 59.9 Å². The summed E-state index contributed by atoms with van der Waals surface area (Å²) in [5.41, 5.74) is 2.56. The van der Waals surface area contributed by atoms with E-state index in [1.165, 1.54) is 19.9 Å². The number of rotatable bonds is 7. The summed E-state index contributed by atoms with van der Waals surface area (Å²) in [5.74, 6) is 0. The van der Waals surface area contributed by atoms with Crippen LogP contribution in [0.3, 0.4) is 0 Å². The summed E-state index contributed by atoms with van der Waals surface area (Å²) in [5, 5.41) is 8.12. The predicted octanol–water partition coefficient (Wildman–Crippen LogP) is 4.51. The van der Waals surface area contributed by atoms with Crippen molar-refractivity contribution < 1.29 is 0 Å². The lowest BCUT2D eigenvalue weighted by atomic mass is 10.1. The van der Waals surface area contributed by atoms with Gasteiger partial charge in [0.05, 0.1) is 15.5 Å². The molecular formula is C15H22BrN3S. The Labute approximate surface area is 133 Å². The van der Waals surface area contributed by atoms with Gasteiger partial charge in [-0.3, -0.25) is 4.68 Å². The molecule has 20 heavy (non-hydrogen) atoms. The molecule has 1 unspecified atom stereocenters. The van der Waals surface area contributed by atoms with E-state index in [-0.39, 0.29) is 6.04 Å². The van der Waals surface area contributed by atoms with Crippen LogP contribution >= 0.6 is 27.3 Å². The summed E-state index contributed by atoms with van der Waals surface area (Å²) in [6, 6.07) is 4.64. The molecule has 0 radical (unpaired) electrons. The quantitative estimate of drug-likeness (QED) is 0.791. The zero-order chi connectivity index (χ0) is 14.5. The van der Waals surface area contributed by atoms with Crippen molar-refractivity contribution in [2.75, 3.05) is 6.54 Å². The summed E-state index contributed by atoms with van der Waals surface area (Å²) in [4.78, 5) is 1.35. The van der Waals surface area contributed by atoms with Crippen molar-refractivity contribution in [2.24, 2.45) is 0 Å². The van der Waals surface area contributed by atoms with E-state index in [0.717, 1.165) is 25.9 Å². The Morgan fingerprint density at radius 1 is 1.40 bits per heavy atom. The van der Waals surface area contributed by atoms with Gasteiger partial charge >= 0.3 is 0 Å². The van der Waals surface area contributed by atoms with Gasteiger partial charge in [0.25, 0.3) is 0 Å². The van der Waals surface area contributed by atoms with Gasteiger partial charge in [-0.2, -0.15) is 5.10 Å². The second-order valence-corrected chi connectivity index (χ2v) is 7.37. The predicted molar refractivity (Wildman–Crippen MR) is 89.4 cm³/mol. The number of thiophene rings is 1. The van der Waals surface area contributed by atoms with Crippen molar-refractivity contribution >= 4 is 27.3 Å². The van der Waals surface area contributed by atoms with Gasteiger partial charge in [0.1, 0.15) is 0 Å². The van der Waals surface area contributed by atoms with E-state index in [1.54, 1.807) is 0 Å². The largest absolute Gasteiger partial charge is 0.304 e. The summed E-state index contributed by atoms with van der Waals surface area (Å²) in [6.07, 6.45) is 4.13. The third-order valence-corrected chi connectivity index (χ3v) is 5.44. The molecule has 2 aromatic heterocycles. The molecular weight excluding hydrogens is 334 g/mol. The van der Waals surface area contributed by atoms with E-state index < -0.39 is 0 Å². The van der Waals surface area contributed by atoms with Crippen LogP contribution in [0, 0.1) is 6.92 Å². The molecule has 0 aromatic carbocycles. The molecule has 2 heterocycles. The molecule has 1 N–H and O–H groups in total. The maximum absolute atomic E-state index is 4.46. The molecule has 1 atom stereocenters. The first-order chi connectivity index (χ1) is 9.67. The van der Waals surface area contributed by atoms with Crippen LogP contribution in [0.5, 0.6) is 0 Å². The van der Waals surface area contributed by atoms with Crippen LogP contribution in [-0.4, -0.2) is 16.3 Å². The molecule has 0 fully saturated rings. The van der Waals surface area contributed by atoms with E-state index >= 15 is 0 Å². The number of aryl methyl sites for hydroxylation is 2. The Balaban J connectivity index is 2.33. The highest BCUT2D eigenvalue weighted by Gasteiger charge is 2.20. The van der Waals surface area contributed by atoms with Crippen LogP contribution in [0.1, 0.15) is 48.9 Å². The molecule has 2 aromatic rings. The zero-order valence-electron chi connectivity index (χ0n) is 12.3. The average molecular weight is 356 g/mol. The molecule has 0 saturated carbocycles. The van der Waals surface area contributed by atoms with Gasteiger partial charge < -0.3 is 5.32 Å². The van der Waals surface area contributed by atoms with Gasteiger partial charge in [0, 0.05) is 17.6 Å². The van der Waals surface area contributed by atoms with Crippen LogP contribution in [-0.2, 0) is 6.54 Å². The lowest BCUT2D eigenvalue weighted by Crippen LogP contribution is -2.25. The van der Waals surface area contributed by atoms with E-state index in [0.29, 0.717) is 0 Å². The minimum absolute atomic E-state index is 0.235. The molecule has 0 aliphatic rings. The molecule has 0 aliphatic heterocycles. The maximum Gasteiger partial charge on any atom is 0.0842 e. The zero-order valence-corrected chi connectivity index (χ0v) is 14.7. The van der Waals surface area contributed by atoms with Gasteiger partial charge in [-0.1, -0.05) is 13.8 Å². The molecule has 3 nitrogen and oxygen atoms in total. The van der Waals surface area contributed by atoms with Crippen molar-refractivity contribution in [3.8, 4) is 0 Å². The smallest absolute Gasteiger partial charge is 0.0842 e. The Kier molecular flexibility index (Phi) is 5.81. The minimum atomic E-state index is 0.235. The van der Waals surface area contributed by atoms with E-state index in [4.69, 9.17) is 0 Å². The second kappa shape index (κ2) is 7.38. The van der Waals surface area contributed by atoms with Crippen LogP contribution in [0.4, 0.5) is 0 Å². The lowest BCUT2D eigenvalue weighted by molar-refractivity contribution is 0.515. The number of hydrogen-bond donors (Lipinski definition) is 1. The van der Waals surface area contributed by atoms with Gasteiger partial charge in [0.15, 0.2) is 0 Å². The van der Waals surface area contributed by atoms with Gasteiger partial charge in [-0.25, -0.2) is 0 Å². The van der Waals surface area contributed by atoms with E-state index in [9.17, 15) is 0 Å². The van der Waals surface area contributed by atoms with E-state index in [1.807, 2.05) is 17.5 Å². The molecule has 0 amide bonds. The Morgan fingerprint density at radius 2 is 2.20 bits per heavy atom. The first kappa shape index (κ1) is 15.7. The third kappa shape index (κ3) is 3.51. The highest BCUT2D eigenvalue weighted by molar-refractivity contribution is 9.11. The number of hydrogen-bond acceptors (Lipinski definition) is 3. The number of nitrogens with one attached hydrogen (secondary N) is 1. The summed E-state index contributed by atoms with van der Waals surface area (Å²) in [7, 11) is 0. The summed E-state index contributed by atoms with van der Waals surface area (Å²) in [6.45, 7) is 8.51. The summed E-state index contributed by atoms with van der Waals surface area (Å²) >= 11 is 5.44. The van der Waals surface area contributed by atoms with Crippen molar-refractivity contribution in [1.82, 2.24) is 15.1 Å². The highest BCUT2D eigenvalue weighted by atomic mass is 79.9. The molecule has 0 aliphatic carbocycles. The molecule has 110 valence electrons. The van der Waals surface area contributed by atoms with Gasteiger partial charge in [0.2, 0.25) is 0 Å². The fourth-order valence-corrected chi connectivity index (χ4v) is 3.91. The van der Waals surface area contributed by atoms with Gasteiger partial charge in [-0.15, -0.1) is 11.3 Å². The normalized spacial score (nSPS) is 12.8. The number of nitrogens with zero attached hydrogens (tertiary/aromatic N) is 2. The number of halogens is 1. The average Bonchev–Trinajstić information content (AvgIpc) is 3.00. The van der Waals surface area contributed by atoms with Crippen LogP contribution < -0.4 is 5.32 Å². The maximum atomic E-state index is 4.46. The van der Waals surface area contributed by atoms with Crippen LogP contribution in [0.2, 0.25) is 0 Å². The topological polar surface area (TPSA) is 29.9 Å². The summed E-state index contributed by atoms with van der Waals surface area (Å²) < 4.78 is 3.34. The SMILES string of the molecule is CCCNC(c1cc(C)c(Br)s1)c1ccnn1CCC. The Bertz CT molecular complexity index is 528. The molecule has 0 saturated heterocycles. The highest BCUT2D eigenvalue weighted by Crippen LogP contribution is 2.34. The fourth-order valence-electron chi connectivity index (χ4n) is 2.25. The molecule has 5 heteroatoms. The number of aromatic nitrogens is 2. The standard InChI is InChI=1S/C15H22BrN3S/c1-4-7-17-14(13-10-11(3)15(16)20-13)12-6-8-18-19(12)9-5-2/h6,8,10,14,17H,4-5,7,9H2,1-3H3. The first-order valence-corrected chi connectivity index (χ1v) is 8.79. The monoisotopic (exact) mass is 355 g/mol. The Hall–Kier alpha value is -0.650. The molecule has 0 bridgehead atoms. The fraction of sp³-hybridized carbons (Fsp3) is 0.533. The molecule has 2 rings (SSSR count). The van der Waals surface area contributed by atoms with Crippen molar-refractivity contribution in [2.45, 2.75) is 46.2 Å². The van der Waals surface area contributed by atoms with Crippen LogP contribution in [0.15, 0.2) is 22.1 Å². The lowest BCUT2D eigenvalue weighted by Gasteiger charge is -2.18. The Morgan fingerprint density at radius 3 is 2.80 bits per heavy atom. The van der Waals surface area contributed by atoms with Crippen LogP contribution in [0.25, 0.3) is 0 Å². The molecule has 0 spiro atoms. The van der Waals surface area contributed by atoms with Crippen molar-refractivity contribution in [1.29, 1.82) is 0 Å². The van der Waals surface area contributed by atoms with Crippen molar-refractivity contribution in [3.63, 3.8) is 0 Å². The minimum Gasteiger partial charge on any atom is -0.304 e. The van der Waals surface area contributed by atoms with E-state index in [2.05, 4.69) is 63.9 Å². The second-order valence-electron chi connectivity index (χ2n) is 4.97. The van der Waals surface area contributed by atoms with Crippen molar-refractivity contribution in [3.05, 3.63) is 38.3 Å². The third-order valence-electron chi connectivity index (χ3n) is 3.24. The first-order valence-electron chi connectivity index (χ1n) is 7.18.